The number of halogens is 4. The molecule has 1 aromatic heterocycles. The first-order valence-corrected chi connectivity index (χ1v) is 5.74. The fourth-order valence-electron chi connectivity index (χ4n) is 1.23. The van der Waals surface area contributed by atoms with Crippen LogP contribution < -0.4 is 4.90 Å². The molecule has 0 spiro atoms. The van der Waals surface area contributed by atoms with Gasteiger partial charge < -0.3 is 14.7 Å². The van der Waals surface area contributed by atoms with Crippen LogP contribution in [0.2, 0.25) is 5.28 Å². The van der Waals surface area contributed by atoms with Crippen LogP contribution in [0.15, 0.2) is 6.07 Å². The summed E-state index contributed by atoms with van der Waals surface area (Å²) in [5.41, 5.74) is -1.09. The van der Waals surface area contributed by atoms with E-state index in [0.717, 1.165) is 6.07 Å². The highest BCUT2D eigenvalue weighted by atomic mass is 35.5. The minimum Gasteiger partial charge on any atom is -0.394 e. The van der Waals surface area contributed by atoms with Crippen molar-refractivity contribution in [2.45, 2.75) is 6.18 Å². The van der Waals surface area contributed by atoms with E-state index >= 15 is 0 Å². The monoisotopic (exact) mass is 299 g/mol. The largest absolute Gasteiger partial charge is 0.433 e. The Kier molecular flexibility index (Phi) is 5.77. The zero-order valence-corrected chi connectivity index (χ0v) is 10.9. The predicted molar refractivity (Wildman–Crippen MR) is 63.2 cm³/mol. The molecule has 0 amide bonds. The summed E-state index contributed by atoms with van der Waals surface area (Å²) in [6.07, 6.45) is -4.57. The van der Waals surface area contributed by atoms with Crippen LogP contribution in [0, 0.1) is 0 Å². The Bertz CT molecular complexity index is 417. The van der Waals surface area contributed by atoms with Crippen molar-refractivity contribution in [3.8, 4) is 0 Å². The van der Waals surface area contributed by atoms with E-state index in [-0.39, 0.29) is 25.6 Å². The van der Waals surface area contributed by atoms with Crippen LogP contribution in [-0.2, 0) is 10.9 Å². The van der Waals surface area contributed by atoms with Crippen LogP contribution in [0.5, 0.6) is 0 Å². The van der Waals surface area contributed by atoms with E-state index < -0.39 is 17.2 Å². The van der Waals surface area contributed by atoms with Gasteiger partial charge in [0.15, 0.2) is 5.69 Å². The molecule has 0 atom stereocenters. The van der Waals surface area contributed by atoms with Crippen LogP contribution in [0.3, 0.4) is 0 Å². The zero-order chi connectivity index (χ0) is 14.5. The van der Waals surface area contributed by atoms with E-state index in [1.807, 2.05) is 0 Å². The van der Waals surface area contributed by atoms with Crippen molar-refractivity contribution in [3.63, 3.8) is 0 Å². The van der Waals surface area contributed by atoms with Crippen molar-refractivity contribution in [1.29, 1.82) is 0 Å². The molecule has 1 aromatic rings. The second kappa shape index (κ2) is 6.88. The Labute approximate surface area is 113 Å². The summed E-state index contributed by atoms with van der Waals surface area (Å²) in [5.74, 6) is 0.0555. The average molecular weight is 300 g/mol. The first-order valence-electron chi connectivity index (χ1n) is 5.36. The van der Waals surface area contributed by atoms with Gasteiger partial charge in [-0.05, 0) is 11.6 Å². The van der Waals surface area contributed by atoms with E-state index in [9.17, 15) is 13.2 Å². The van der Waals surface area contributed by atoms with Gasteiger partial charge in [-0.25, -0.2) is 9.97 Å². The summed E-state index contributed by atoms with van der Waals surface area (Å²) >= 11 is 5.47. The van der Waals surface area contributed by atoms with Gasteiger partial charge in [0.05, 0.1) is 19.8 Å². The van der Waals surface area contributed by atoms with Crippen LogP contribution >= 0.6 is 11.6 Å². The normalized spacial score (nSPS) is 11.7. The number of ether oxygens (including phenoxy) is 1. The molecule has 19 heavy (non-hydrogen) atoms. The molecule has 9 heteroatoms. The lowest BCUT2D eigenvalue weighted by molar-refractivity contribution is -0.141. The minimum atomic E-state index is -4.57. The van der Waals surface area contributed by atoms with E-state index in [1.54, 1.807) is 7.05 Å². The van der Waals surface area contributed by atoms with Crippen molar-refractivity contribution >= 4 is 17.4 Å². The number of aliphatic hydroxyl groups is 1. The third-order valence-electron chi connectivity index (χ3n) is 2.17. The molecule has 0 radical (unpaired) electrons. The Morgan fingerprint density at radius 3 is 2.63 bits per heavy atom. The van der Waals surface area contributed by atoms with Crippen molar-refractivity contribution in [3.05, 3.63) is 17.0 Å². The lowest BCUT2D eigenvalue weighted by Crippen LogP contribution is -2.25. The summed E-state index contributed by atoms with van der Waals surface area (Å²) in [4.78, 5) is 8.32. The molecule has 0 fully saturated rings. The van der Waals surface area contributed by atoms with E-state index in [0.29, 0.717) is 6.54 Å². The molecule has 0 aromatic carbocycles. The number of hydrogen-bond donors (Lipinski definition) is 1. The molecule has 0 aliphatic carbocycles. The maximum Gasteiger partial charge on any atom is 0.433 e. The van der Waals surface area contributed by atoms with Gasteiger partial charge in [-0.2, -0.15) is 13.2 Å². The maximum absolute atomic E-state index is 12.5. The highest BCUT2D eigenvalue weighted by molar-refractivity contribution is 6.28. The summed E-state index contributed by atoms with van der Waals surface area (Å²) in [5, 5.41) is 8.04. The fourth-order valence-corrected chi connectivity index (χ4v) is 1.41. The number of anilines is 1. The molecule has 0 aliphatic heterocycles. The Balaban J connectivity index is 2.74. The van der Waals surface area contributed by atoms with E-state index in [4.69, 9.17) is 21.4 Å². The molecule has 0 saturated heterocycles. The second-order valence-corrected chi connectivity index (χ2v) is 3.97. The van der Waals surface area contributed by atoms with Crippen LogP contribution in [0.4, 0.5) is 19.0 Å². The van der Waals surface area contributed by atoms with Crippen molar-refractivity contribution in [1.82, 2.24) is 9.97 Å². The number of hydrogen-bond acceptors (Lipinski definition) is 5. The zero-order valence-electron chi connectivity index (χ0n) is 10.1. The molecular weight excluding hydrogens is 287 g/mol. The summed E-state index contributed by atoms with van der Waals surface area (Å²) in [6.45, 7) is 0.623. The third-order valence-corrected chi connectivity index (χ3v) is 2.34. The molecule has 0 aliphatic rings. The fraction of sp³-hybridized carbons (Fsp3) is 0.600. The van der Waals surface area contributed by atoms with Crippen LogP contribution in [0.1, 0.15) is 5.69 Å². The Morgan fingerprint density at radius 1 is 1.37 bits per heavy atom. The quantitative estimate of drug-likeness (QED) is 0.638. The van der Waals surface area contributed by atoms with E-state index in [2.05, 4.69) is 9.97 Å². The SMILES string of the molecule is CN(CCOCCO)c1cc(C(F)(F)F)nc(Cl)n1. The summed E-state index contributed by atoms with van der Waals surface area (Å²) in [7, 11) is 1.56. The van der Waals surface area contributed by atoms with Gasteiger partial charge in [-0.3, -0.25) is 0 Å². The smallest absolute Gasteiger partial charge is 0.394 e. The van der Waals surface area contributed by atoms with Crippen LogP contribution in [0.25, 0.3) is 0 Å². The summed E-state index contributed by atoms with van der Waals surface area (Å²) < 4.78 is 42.6. The predicted octanol–water partition coefficient (Wildman–Crippen LogP) is 1.59. The lowest BCUT2D eigenvalue weighted by Gasteiger charge is -2.19. The van der Waals surface area contributed by atoms with Gasteiger partial charge >= 0.3 is 6.18 Å². The third kappa shape index (κ3) is 5.17. The minimum absolute atomic E-state index is 0.0555. The molecule has 0 saturated carbocycles. The molecule has 1 N–H and O–H groups in total. The van der Waals surface area contributed by atoms with Gasteiger partial charge in [0.25, 0.3) is 0 Å². The molecule has 0 unspecified atom stereocenters. The van der Waals surface area contributed by atoms with Gasteiger partial charge in [0.1, 0.15) is 5.82 Å². The average Bonchev–Trinajstić information content (AvgIpc) is 2.32. The first kappa shape index (κ1) is 15.9. The first-order chi connectivity index (χ1) is 8.84. The molecule has 1 heterocycles. The van der Waals surface area contributed by atoms with Crippen molar-refractivity contribution in [2.24, 2.45) is 0 Å². The van der Waals surface area contributed by atoms with E-state index in [1.165, 1.54) is 4.90 Å². The lowest BCUT2D eigenvalue weighted by atomic mass is 10.3. The number of nitrogens with zero attached hydrogens (tertiary/aromatic N) is 3. The maximum atomic E-state index is 12.5. The number of likely N-dealkylation sites (N-methyl/N-ethyl adjacent to an activating group) is 1. The molecule has 0 bridgehead atoms. The van der Waals surface area contributed by atoms with Crippen molar-refractivity contribution in [2.75, 3.05) is 38.3 Å². The molecule has 108 valence electrons. The van der Waals surface area contributed by atoms with Gasteiger partial charge in [0, 0.05) is 19.7 Å². The van der Waals surface area contributed by atoms with Crippen LogP contribution in [-0.4, -0.2) is 48.5 Å². The summed E-state index contributed by atoms with van der Waals surface area (Å²) in [6, 6.07) is 0.817. The second-order valence-electron chi connectivity index (χ2n) is 3.64. The number of rotatable bonds is 6. The van der Waals surface area contributed by atoms with Gasteiger partial charge in [-0.1, -0.05) is 0 Å². The molecule has 1 rings (SSSR count). The number of alkyl halides is 3. The number of aromatic nitrogens is 2. The highest BCUT2D eigenvalue weighted by Gasteiger charge is 2.33. The van der Waals surface area contributed by atoms with Gasteiger partial charge in [0.2, 0.25) is 5.28 Å². The molecule has 5 nitrogen and oxygen atoms in total. The Morgan fingerprint density at radius 2 is 2.05 bits per heavy atom. The highest BCUT2D eigenvalue weighted by Crippen LogP contribution is 2.30. The van der Waals surface area contributed by atoms with Gasteiger partial charge in [-0.15, -0.1) is 0 Å². The molecular formula is C10H13ClF3N3O2. The Hall–Kier alpha value is -1.12. The number of aliphatic hydroxyl groups excluding tert-OH is 1. The topological polar surface area (TPSA) is 58.5 Å². The standard InChI is InChI=1S/C10H13ClF3N3O2/c1-17(2-4-19-5-3-18)8-6-7(10(12,13)14)15-9(11)16-8/h6,18H,2-5H2,1H3. The van der Waals surface area contributed by atoms with Crippen molar-refractivity contribution < 1.29 is 23.0 Å².